The highest BCUT2D eigenvalue weighted by molar-refractivity contribution is 7.92. The van der Waals surface area contributed by atoms with Gasteiger partial charge in [0.1, 0.15) is 22.0 Å². The fraction of sp³-hybridized carbons (Fsp3) is 0.480. The van der Waals surface area contributed by atoms with Crippen molar-refractivity contribution in [3.05, 3.63) is 64.7 Å². The van der Waals surface area contributed by atoms with E-state index >= 15 is 0 Å². The van der Waals surface area contributed by atoms with Crippen LogP contribution in [-0.2, 0) is 34.1 Å². The number of rotatable bonds is 9. The van der Waals surface area contributed by atoms with E-state index in [2.05, 4.69) is 0 Å². The van der Waals surface area contributed by atoms with Gasteiger partial charge in [0.2, 0.25) is 0 Å². The van der Waals surface area contributed by atoms with Crippen molar-refractivity contribution in [1.29, 1.82) is 0 Å². The number of alkyl halides is 3. The summed E-state index contributed by atoms with van der Waals surface area (Å²) in [5.41, 5.74) is -7.26. The van der Waals surface area contributed by atoms with E-state index < -0.39 is 90.7 Å². The number of carbonyl (C=O) groups is 1. The van der Waals surface area contributed by atoms with Crippen LogP contribution in [0.2, 0.25) is 5.02 Å². The molecule has 0 aliphatic heterocycles. The maximum Gasteiger partial charge on any atom is 0.511 e. The molecule has 0 radical (unpaired) electrons. The second-order valence-electron chi connectivity index (χ2n) is 10.4. The zero-order valence-electron chi connectivity index (χ0n) is 21.6. The third-order valence-corrected chi connectivity index (χ3v) is 10.8. The molecule has 1 fully saturated rings. The van der Waals surface area contributed by atoms with Crippen molar-refractivity contribution >= 4 is 37.4 Å². The summed E-state index contributed by atoms with van der Waals surface area (Å²) in [6.45, 7) is 3.93. The molecule has 2 aromatic rings. The van der Waals surface area contributed by atoms with Crippen LogP contribution in [0.1, 0.15) is 52.0 Å². The first-order valence-electron chi connectivity index (χ1n) is 12.0. The van der Waals surface area contributed by atoms with Crippen molar-refractivity contribution in [2.24, 2.45) is 0 Å². The summed E-state index contributed by atoms with van der Waals surface area (Å²) >= 11 is 5.83. The van der Waals surface area contributed by atoms with Crippen molar-refractivity contribution < 1.29 is 48.3 Å². The maximum atomic E-state index is 15.0. The monoisotopic (exact) mass is 631 g/mol. The van der Waals surface area contributed by atoms with Crippen LogP contribution in [0.4, 0.5) is 22.0 Å². The number of carbonyl (C=O) groups excluding carboxylic acids is 1. The van der Waals surface area contributed by atoms with Gasteiger partial charge in [-0.15, -0.1) is 0 Å². The number of sulfonamides is 1. The quantitative estimate of drug-likeness (QED) is 0.259. The minimum absolute atomic E-state index is 0.0736. The smallest absolute Gasteiger partial charge is 0.460 e. The lowest BCUT2D eigenvalue weighted by Gasteiger charge is -2.50. The van der Waals surface area contributed by atoms with Crippen LogP contribution in [0.5, 0.6) is 0 Å². The Bertz CT molecular complexity index is 1470. The van der Waals surface area contributed by atoms with Crippen LogP contribution in [0.3, 0.4) is 0 Å². The summed E-state index contributed by atoms with van der Waals surface area (Å²) in [4.78, 5) is 11.7. The predicted molar refractivity (Wildman–Crippen MR) is 136 cm³/mol. The Kier molecular flexibility index (Phi) is 9.01. The van der Waals surface area contributed by atoms with Crippen molar-refractivity contribution in [3.63, 3.8) is 0 Å². The molecule has 40 heavy (non-hydrogen) atoms. The van der Waals surface area contributed by atoms with Gasteiger partial charge in [-0.2, -0.15) is 17.5 Å². The van der Waals surface area contributed by atoms with E-state index in [9.17, 15) is 43.6 Å². The van der Waals surface area contributed by atoms with Crippen molar-refractivity contribution in [1.82, 2.24) is 4.31 Å². The van der Waals surface area contributed by atoms with Gasteiger partial charge >= 0.3 is 21.5 Å². The number of hydrogen-bond donors (Lipinski definition) is 0. The van der Waals surface area contributed by atoms with E-state index in [0.717, 1.165) is 18.2 Å². The molecule has 0 aromatic heterocycles. The second kappa shape index (κ2) is 11.2. The van der Waals surface area contributed by atoms with Crippen LogP contribution in [0.25, 0.3) is 0 Å². The number of hydrogen-bond acceptors (Lipinski definition) is 6. The number of ether oxygens (including phenoxy) is 1. The fourth-order valence-corrected chi connectivity index (χ4v) is 8.10. The normalized spacial score (nSPS) is 20.3. The average molecular weight is 632 g/mol. The number of nitrogens with zero attached hydrogens (tertiary/aromatic N) is 1. The molecule has 0 bridgehead atoms. The highest BCUT2D eigenvalue weighted by atomic mass is 35.5. The lowest BCUT2D eigenvalue weighted by Crippen LogP contribution is -2.60. The molecule has 1 aliphatic rings. The molecule has 2 aromatic carbocycles. The molecule has 7 nitrogen and oxygen atoms in total. The van der Waals surface area contributed by atoms with E-state index in [0.29, 0.717) is 12.1 Å². The maximum absolute atomic E-state index is 15.0. The van der Waals surface area contributed by atoms with Crippen LogP contribution in [-0.4, -0.2) is 50.8 Å². The molecule has 0 unspecified atom stereocenters. The van der Waals surface area contributed by atoms with Gasteiger partial charge in [-0.3, -0.25) is 4.79 Å². The largest absolute Gasteiger partial charge is 0.511 e. The minimum atomic E-state index is -6.00. The SMILES string of the molecule is CC(C)(C)OC(=O)CCCN(C1CC(c2cc(F)ccc2F)(S(=O)(=O)c2ccc(Cl)cc2)C1)S(=O)(=O)C(F)(F)F. The summed E-state index contributed by atoms with van der Waals surface area (Å²) in [6, 6.07) is 5.18. The Balaban J connectivity index is 2.02. The number of sulfone groups is 1. The Morgan fingerprint density at radius 2 is 1.60 bits per heavy atom. The van der Waals surface area contributed by atoms with Gasteiger partial charge in [-0.25, -0.2) is 25.6 Å². The first-order chi connectivity index (χ1) is 18.2. The predicted octanol–water partition coefficient (Wildman–Crippen LogP) is 5.72. The Hall–Kier alpha value is -2.29. The molecule has 1 aliphatic carbocycles. The molecule has 0 atom stereocenters. The Morgan fingerprint density at radius 1 is 1.02 bits per heavy atom. The Morgan fingerprint density at radius 3 is 2.12 bits per heavy atom. The summed E-state index contributed by atoms with van der Waals surface area (Å²) < 4.78 is 125. The first-order valence-corrected chi connectivity index (χ1v) is 15.3. The fourth-order valence-electron chi connectivity index (χ4n) is 4.58. The second-order valence-corrected chi connectivity index (χ2v) is 15.0. The summed E-state index contributed by atoms with van der Waals surface area (Å²) in [6.07, 6.45) is -2.40. The summed E-state index contributed by atoms with van der Waals surface area (Å²) in [7, 11) is -10.6. The lowest BCUT2D eigenvalue weighted by atomic mass is 9.74. The van der Waals surface area contributed by atoms with Crippen LogP contribution in [0, 0.1) is 11.6 Å². The number of benzene rings is 2. The van der Waals surface area contributed by atoms with E-state index in [-0.39, 0.29) is 20.6 Å². The topological polar surface area (TPSA) is 97.8 Å². The van der Waals surface area contributed by atoms with Gasteiger partial charge < -0.3 is 4.74 Å². The van der Waals surface area contributed by atoms with Gasteiger partial charge in [-0.05, 0) is 82.5 Å². The number of halogens is 6. The molecule has 0 N–H and O–H groups in total. The molecular formula is C25H27ClF5NO6S2. The van der Waals surface area contributed by atoms with Gasteiger partial charge in [0.25, 0.3) is 0 Å². The van der Waals surface area contributed by atoms with Crippen LogP contribution < -0.4 is 0 Å². The summed E-state index contributed by atoms with van der Waals surface area (Å²) in [5, 5.41) is 0.170. The van der Waals surface area contributed by atoms with E-state index in [4.69, 9.17) is 16.3 Å². The molecule has 222 valence electrons. The standard InChI is InChI=1S/C25H27ClF5NO6S2/c1-23(2,3)38-22(33)5-4-12-32(40(36,37)25(29,30)31)18-14-24(15-18,20-13-17(27)8-11-21(20)28)39(34,35)19-9-6-16(26)7-10-19/h6-11,13,18H,4-5,12,14-15H2,1-3H3. The molecule has 1 saturated carbocycles. The third kappa shape index (κ3) is 6.44. The zero-order chi connectivity index (χ0) is 30.3. The first kappa shape index (κ1) is 32.2. The van der Waals surface area contributed by atoms with Crippen LogP contribution >= 0.6 is 11.6 Å². The molecule has 0 amide bonds. The van der Waals surface area contributed by atoms with Crippen LogP contribution in [0.15, 0.2) is 47.4 Å². The average Bonchev–Trinajstić information content (AvgIpc) is 2.77. The number of esters is 1. The van der Waals surface area contributed by atoms with E-state index in [1.54, 1.807) is 20.8 Å². The van der Waals surface area contributed by atoms with Crippen molar-refractivity contribution in [2.75, 3.05) is 6.54 Å². The van der Waals surface area contributed by atoms with Gasteiger partial charge in [0, 0.05) is 29.6 Å². The summed E-state index contributed by atoms with van der Waals surface area (Å²) in [5.74, 6) is -2.90. The van der Waals surface area contributed by atoms with Gasteiger partial charge in [0.15, 0.2) is 9.84 Å². The highest BCUT2D eigenvalue weighted by Crippen LogP contribution is 2.54. The molecular weight excluding hydrogens is 605 g/mol. The molecule has 0 spiro atoms. The van der Waals surface area contributed by atoms with Crippen molar-refractivity contribution in [2.45, 2.75) is 73.2 Å². The lowest BCUT2D eigenvalue weighted by molar-refractivity contribution is -0.155. The molecule has 3 rings (SSSR count). The van der Waals surface area contributed by atoms with E-state index in [1.807, 2.05) is 0 Å². The highest BCUT2D eigenvalue weighted by Gasteiger charge is 2.62. The van der Waals surface area contributed by atoms with Gasteiger partial charge in [0.05, 0.1) is 4.90 Å². The minimum Gasteiger partial charge on any atom is -0.460 e. The van der Waals surface area contributed by atoms with Crippen molar-refractivity contribution in [3.8, 4) is 0 Å². The zero-order valence-corrected chi connectivity index (χ0v) is 24.0. The Labute approximate surface area is 234 Å². The molecule has 0 heterocycles. The molecule has 0 saturated heterocycles. The molecule has 15 heteroatoms. The third-order valence-electron chi connectivity index (χ3n) is 6.38. The van der Waals surface area contributed by atoms with Gasteiger partial charge in [-0.1, -0.05) is 11.6 Å². The van der Waals surface area contributed by atoms with E-state index in [1.165, 1.54) is 12.1 Å².